The van der Waals surface area contributed by atoms with E-state index in [0.29, 0.717) is 34.5 Å². The van der Waals surface area contributed by atoms with Crippen LogP contribution in [-0.2, 0) is 4.79 Å². The van der Waals surface area contributed by atoms with Crippen molar-refractivity contribution in [1.29, 1.82) is 0 Å². The summed E-state index contributed by atoms with van der Waals surface area (Å²) in [5, 5.41) is 4.38. The molecule has 1 fully saturated rings. The number of nitrogens with two attached hydrogens (primary N) is 1. The fourth-order valence-electron chi connectivity index (χ4n) is 3.22. The van der Waals surface area contributed by atoms with Gasteiger partial charge in [0.1, 0.15) is 12.4 Å². The fraction of sp³-hybridized carbons (Fsp3) is 0.389. The van der Waals surface area contributed by atoms with Crippen LogP contribution in [0.2, 0.25) is 0 Å². The number of nitrogens with zero attached hydrogens (tertiary/aromatic N) is 1. The molecule has 26 heavy (non-hydrogen) atoms. The smallest absolute Gasteiger partial charge is 0.252 e. The average molecular weight is 422 g/mol. The van der Waals surface area contributed by atoms with Gasteiger partial charge in [0.25, 0.3) is 5.91 Å². The van der Waals surface area contributed by atoms with Gasteiger partial charge < -0.3 is 20.5 Å². The summed E-state index contributed by atoms with van der Waals surface area (Å²) in [6.45, 7) is 2.38. The number of aromatic nitrogens is 1. The van der Waals surface area contributed by atoms with Crippen LogP contribution in [0.15, 0.2) is 22.8 Å². The van der Waals surface area contributed by atoms with Gasteiger partial charge in [0.2, 0.25) is 11.8 Å². The van der Waals surface area contributed by atoms with Gasteiger partial charge in [-0.2, -0.15) is 0 Å². The second kappa shape index (κ2) is 7.49. The normalized spacial score (nSPS) is 19.4. The highest BCUT2D eigenvalue weighted by atomic mass is 79.9. The van der Waals surface area contributed by atoms with Crippen molar-refractivity contribution in [2.24, 2.45) is 11.7 Å². The zero-order chi connectivity index (χ0) is 18.8. The van der Waals surface area contributed by atoms with Gasteiger partial charge in [-0.15, -0.1) is 0 Å². The largest absolute Gasteiger partial charge is 0.496 e. The predicted molar refractivity (Wildman–Crippen MR) is 100 cm³/mol. The van der Waals surface area contributed by atoms with Crippen molar-refractivity contribution < 1.29 is 19.1 Å². The Kier molecular flexibility index (Phi) is 5.31. The molecule has 3 N–H and O–H groups in total. The summed E-state index contributed by atoms with van der Waals surface area (Å²) < 4.78 is 11.9. The molecule has 2 heterocycles. The van der Waals surface area contributed by atoms with Crippen molar-refractivity contribution in [3.05, 3.63) is 28.4 Å². The molecule has 2 aromatic rings. The number of nitrogens with one attached hydrogen (secondary N) is 1. The number of amides is 2. The van der Waals surface area contributed by atoms with Gasteiger partial charge in [0, 0.05) is 27.9 Å². The van der Waals surface area contributed by atoms with Crippen LogP contribution in [0.5, 0.6) is 11.6 Å². The van der Waals surface area contributed by atoms with Gasteiger partial charge in [-0.1, -0.05) is 13.3 Å². The van der Waals surface area contributed by atoms with E-state index < -0.39 is 5.91 Å². The van der Waals surface area contributed by atoms with E-state index in [1.165, 1.54) is 7.11 Å². The second-order valence-electron chi connectivity index (χ2n) is 6.23. The van der Waals surface area contributed by atoms with Crippen LogP contribution in [0.3, 0.4) is 0 Å². The van der Waals surface area contributed by atoms with Gasteiger partial charge in [-0.3, -0.25) is 9.59 Å². The van der Waals surface area contributed by atoms with Gasteiger partial charge in [-0.25, -0.2) is 4.98 Å². The molecular formula is C18H20BrN3O4. The number of fused-ring (bicyclic) bond motifs is 1. The number of primary amides is 1. The number of rotatable bonds is 6. The van der Waals surface area contributed by atoms with Crippen LogP contribution in [0.25, 0.3) is 10.8 Å². The standard InChI is InChI=1S/C18H20BrN3O4/c1-3-9-4-16(23)22-14(9)8-26-18-11-6-15(25-2)12(17(20)24)5-10(11)13(19)7-21-18/h5-7,9,14H,3-4,8H2,1-2H3,(H2,20,24)(H,22,23). The van der Waals surface area contributed by atoms with Crippen molar-refractivity contribution in [3.63, 3.8) is 0 Å². The first-order chi connectivity index (χ1) is 12.4. The Labute approximate surface area is 159 Å². The van der Waals surface area contributed by atoms with Crippen LogP contribution >= 0.6 is 15.9 Å². The van der Waals surface area contributed by atoms with Crippen molar-refractivity contribution >= 4 is 38.5 Å². The maximum absolute atomic E-state index is 11.7. The van der Waals surface area contributed by atoms with Crippen LogP contribution in [0.1, 0.15) is 30.1 Å². The Balaban J connectivity index is 1.95. The number of halogens is 1. The molecule has 2 amide bonds. The molecule has 1 aromatic carbocycles. The highest BCUT2D eigenvalue weighted by Crippen LogP contribution is 2.35. The maximum atomic E-state index is 11.7. The molecule has 0 saturated carbocycles. The fourth-order valence-corrected chi connectivity index (χ4v) is 3.65. The summed E-state index contributed by atoms with van der Waals surface area (Å²) in [6, 6.07) is 3.30. The number of hydrogen-bond acceptors (Lipinski definition) is 5. The first-order valence-electron chi connectivity index (χ1n) is 8.32. The molecule has 0 spiro atoms. The molecule has 8 heteroatoms. The molecule has 0 bridgehead atoms. The summed E-state index contributed by atoms with van der Waals surface area (Å²) in [4.78, 5) is 27.6. The lowest BCUT2D eigenvalue weighted by atomic mass is 9.98. The maximum Gasteiger partial charge on any atom is 0.252 e. The lowest BCUT2D eigenvalue weighted by Crippen LogP contribution is -2.34. The Morgan fingerprint density at radius 3 is 2.85 bits per heavy atom. The van der Waals surface area contributed by atoms with Gasteiger partial charge in [0.05, 0.1) is 18.7 Å². The van der Waals surface area contributed by atoms with E-state index in [4.69, 9.17) is 15.2 Å². The first-order valence-corrected chi connectivity index (χ1v) is 9.12. The monoisotopic (exact) mass is 421 g/mol. The minimum atomic E-state index is -0.575. The molecule has 7 nitrogen and oxygen atoms in total. The molecule has 2 unspecified atom stereocenters. The Morgan fingerprint density at radius 1 is 1.42 bits per heavy atom. The number of ether oxygens (including phenoxy) is 2. The molecule has 1 aliphatic heterocycles. The molecule has 1 saturated heterocycles. The molecule has 1 aromatic heterocycles. The lowest BCUT2D eigenvalue weighted by Gasteiger charge is -2.18. The van der Waals surface area contributed by atoms with Crippen molar-refractivity contribution in [2.75, 3.05) is 13.7 Å². The van der Waals surface area contributed by atoms with Gasteiger partial charge >= 0.3 is 0 Å². The van der Waals surface area contributed by atoms with E-state index in [2.05, 4.69) is 33.2 Å². The lowest BCUT2D eigenvalue weighted by molar-refractivity contribution is -0.119. The summed E-state index contributed by atoms with van der Waals surface area (Å²) in [6.07, 6.45) is 3.03. The zero-order valence-electron chi connectivity index (χ0n) is 14.5. The third kappa shape index (κ3) is 3.46. The number of benzene rings is 1. The quantitative estimate of drug-likeness (QED) is 0.744. The van der Waals surface area contributed by atoms with Gasteiger partial charge in [-0.05, 0) is 34.0 Å². The molecular weight excluding hydrogens is 402 g/mol. The van der Waals surface area contributed by atoms with E-state index in [1.54, 1.807) is 18.3 Å². The van der Waals surface area contributed by atoms with E-state index in [0.717, 1.165) is 11.8 Å². The summed E-state index contributed by atoms with van der Waals surface area (Å²) >= 11 is 3.44. The topological polar surface area (TPSA) is 104 Å². The molecule has 0 aliphatic carbocycles. The third-order valence-corrected chi connectivity index (χ3v) is 5.31. The molecule has 2 atom stereocenters. The summed E-state index contributed by atoms with van der Waals surface area (Å²) in [7, 11) is 1.47. The van der Waals surface area contributed by atoms with Crippen molar-refractivity contribution in [3.8, 4) is 11.6 Å². The average Bonchev–Trinajstić information content (AvgIpc) is 3.00. The zero-order valence-corrected chi connectivity index (χ0v) is 16.1. The molecule has 3 rings (SSSR count). The van der Waals surface area contributed by atoms with Crippen LogP contribution in [-0.4, -0.2) is 36.6 Å². The first kappa shape index (κ1) is 18.4. The highest BCUT2D eigenvalue weighted by molar-refractivity contribution is 9.10. The minimum Gasteiger partial charge on any atom is -0.496 e. The van der Waals surface area contributed by atoms with Crippen molar-refractivity contribution in [1.82, 2.24) is 10.3 Å². The van der Waals surface area contributed by atoms with E-state index in [-0.39, 0.29) is 23.4 Å². The van der Waals surface area contributed by atoms with Gasteiger partial charge in [0.15, 0.2) is 0 Å². The van der Waals surface area contributed by atoms with E-state index in [1.807, 2.05) is 0 Å². The second-order valence-corrected chi connectivity index (χ2v) is 7.09. The van der Waals surface area contributed by atoms with Crippen LogP contribution in [0, 0.1) is 5.92 Å². The third-order valence-electron chi connectivity index (χ3n) is 4.67. The molecule has 0 radical (unpaired) electrons. The number of methoxy groups -OCH3 is 1. The number of pyridine rings is 1. The van der Waals surface area contributed by atoms with E-state index >= 15 is 0 Å². The molecule has 138 valence electrons. The summed E-state index contributed by atoms with van der Waals surface area (Å²) in [5.41, 5.74) is 5.72. The van der Waals surface area contributed by atoms with Crippen LogP contribution in [0.4, 0.5) is 0 Å². The Morgan fingerprint density at radius 2 is 2.19 bits per heavy atom. The Hall–Kier alpha value is -2.35. The predicted octanol–water partition coefficient (Wildman–Crippen LogP) is 2.40. The van der Waals surface area contributed by atoms with E-state index in [9.17, 15) is 9.59 Å². The Bertz CT molecular complexity index is 871. The summed E-state index contributed by atoms with van der Waals surface area (Å²) in [5.74, 6) is 0.491. The van der Waals surface area contributed by atoms with Crippen molar-refractivity contribution in [2.45, 2.75) is 25.8 Å². The minimum absolute atomic E-state index is 0.0419. The number of hydrogen-bond donors (Lipinski definition) is 2. The van der Waals surface area contributed by atoms with Crippen LogP contribution < -0.4 is 20.5 Å². The SMILES string of the molecule is CCC1CC(=O)NC1COc1ncc(Br)c2cc(C(N)=O)c(OC)cc12. The number of carbonyl (C=O) groups is 2. The molecule has 1 aliphatic rings. The number of carbonyl (C=O) groups excluding carboxylic acids is 2. The highest BCUT2D eigenvalue weighted by Gasteiger charge is 2.31.